The van der Waals surface area contributed by atoms with Gasteiger partial charge in [-0.25, -0.2) is 5.01 Å². The molecule has 3 aromatic rings. The van der Waals surface area contributed by atoms with E-state index in [9.17, 15) is 34.2 Å². The number of piperidine rings is 1. The zero-order valence-corrected chi connectivity index (χ0v) is 34.3. The molecule has 306 valence electrons. The molecule has 16 nitrogen and oxygen atoms in total. The van der Waals surface area contributed by atoms with Crippen LogP contribution in [0.15, 0.2) is 59.6 Å². The number of anilines is 2. The second-order valence-corrected chi connectivity index (χ2v) is 16.4. The van der Waals surface area contributed by atoms with E-state index in [4.69, 9.17) is 22.0 Å². The highest BCUT2D eigenvalue weighted by Gasteiger charge is 2.41. The van der Waals surface area contributed by atoms with E-state index in [1.807, 2.05) is 26.0 Å². The molecule has 7 rings (SSSR count). The van der Waals surface area contributed by atoms with E-state index < -0.39 is 29.8 Å². The number of rotatable bonds is 9. The Balaban J connectivity index is 0.943. The Labute approximate surface area is 349 Å². The predicted octanol–water partition coefficient (Wildman–Crippen LogP) is 3.93. The number of thiophene rings is 1. The predicted molar refractivity (Wildman–Crippen MR) is 224 cm³/mol. The molecule has 6 amide bonds. The summed E-state index contributed by atoms with van der Waals surface area (Å²) in [6.07, 6.45) is 0.189. The number of carbonyl (C=O) groups is 6. The third-order valence-corrected chi connectivity index (χ3v) is 12.4. The summed E-state index contributed by atoms with van der Waals surface area (Å²) in [6, 6.07) is 10.2. The molecular weight excluding hydrogens is 796 g/mol. The Morgan fingerprint density at radius 3 is 2.42 bits per heavy atom. The van der Waals surface area contributed by atoms with Gasteiger partial charge in [0.1, 0.15) is 28.8 Å². The maximum absolute atomic E-state index is 13.7. The van der Waals surface area contributed by atoms with Gasteiger partial charge in [-0.3, -0.25) is 60.2 Å². The van der Waals surface area contributed by atoms with Gasteiger partial charge >= 0.3 is 0 Å². The molecule has 59 heavy (non-hydrogen) atoms. The normalized spacial score (nSPS) is 19.4. The minimum absolute atomic E-state index is 0.0128. The fourth-order valence-corrected chi connectivity index (χ4v) is 8.99. The molecule has 0 spiro atoms. The number of amides is 6. The molecule has 0 radical (unpaired) electrons. The Morgan fingerprint density at radius 1 is 1.03 bits per heavy atom. The van der Waals surface area contributed by atoms with Gasteiger partial charge in [0.15, 0.2) is 0 Å². The minimum atomic E-state index is -1.11. The molecular formula is C41H43ClN10O6S. The summed E-state index contributed by atoms with van der Waals surface area (Å²) in [6.45, 7) is 10.9. The van der Waals surface area contributed by atoms with Crippen LogP contribution in [0.2, 0.25) is 5.02 Å². The zero-order valence-electron chi connectivity index (χ0n) is 32.7. The molecule has 4 aliphatic heterocycles. The average Bonchev–Trinajstić information content (AvgIpc) is 3.64. The number of piperazine rings is 1. The van der Waals surface area contributed by atoms with Gasteiger partial charge in [0.2, 0.25) is 23.6 Å². The molecule has 5 heterocycles. The number of aliphatic imine (C=N–C) groups is 1. The first-order valence-electron chi connectivity index (χ1n) is 19.1. The van der Waals surface area contributed by atoms with Gasteiger partial charge in [0, 0.05) is 95.4 Å². The van der Waals surface area contributed by atoms with E-state index in [0.29, 0.717) is 45.6 Å². The fourth-order valence-electron chi connectivity index (χ4n) is 7.64. The Bertz CT molecular complexity index is 2370. The van der Waals surface area contributed by atoms with Crippen molar-refractivity contribution in [1.82, 2.24) is 25.6 Å². The van der Waals surface area contributed by atoms with Gasteiger partial charge in [-0.2, -0.15) is 0 Å². The summed E-state index contributed by atoms with van der Waals surface area (Å²) < 4.78 is 0. The first-order valence-corrected chi connectivity index (χ1v) is 20.3. The van der Waals surface area contributed by atoms with Gasteiger partial charge in [0.05, 0.1) is 5.71 Å². The van der Waals surface area contributed by atoms with Crippen LogP contribution < -0.4 is 21.0 Å². The second-order valence-electron chi connectivity index (χ2n) is 14.8. The Morgan fingerprint density at radius 2 is 1.75 bits per heavy atom. The van der Waals surface area contributed by atoms with Crippen LogP contribution in [0, 0.1) is 24.7 Å². The number of halogens is 1. The number of nitrogens with zero attached hydrogens (tertiary/aromatic N) is 5. The van der Waals surface area contributed by atoms with Crippen molar-refractivity contribution < 1.29 is 28.8 Å². The van der Waals surface area contributed by atoms with Crippen molar-refractivity contribution in [3.8, 4) is 0 Å². The number of aryl methyl sites for hydroxylation is 1. The molecule has 0 saturated carbocycles. The standard InChI is InChI=1S/C41H43ClN10O6S/c1-21-23(3)59-41-34(21)36(25-8-10-26(42)11-9-25)47-35(37(44)52(41)24(4)43)22(2)38(56)48-50-18-16-49(17-19-50)33(55)15-14-31(53)45-29-7-5-6-27-28(29)20-51(40(27)58)30-12-13-32(54)46-39(30)57/h5-11,30,35,43-44H,2,12-20H2,1,3-4H3,(H,45,53)(H,48,56)(H,46,54,57)/t30?,35-/m0/s1. The van der Waals surface area contributed by atoms with Crippen molar-refractivity contribution in [3.05, 3.63) is 92.3 Å². The summed E-state index contributed by atoms with van der Waals surface area (Å²) in [7, 11) is 0. The molecule has 5 N–H and O–H groups in total. The lowest BCUT2D eigenvalue weighted by molar-refractivity contribution is -0.137. The van der Waals surface area contributed by atoms with Crippen LogP contribution in [0.1, 0.15) is 70.1 Å². The summed E-state index contributed by atoms with van der Waals surface area (Å²) in [4.78, 5) is 87.7. The number of benzene rings is 2. The first-order chi connectivity index (χ1) is 28.1. The van der Waals surface area contributed by atoms with E-state index in [1.54, 1.807) is 47.2 Å². The number of nitrogens with one attached hydrogen (secondary N) is 5. The van der Waals surface area contributed by atoms with E-state index in [-0.39, 0.29) is 80.3 Å². The molecule has 2 atom stereocenters. The van der Waals surface area contributed by atoms with Crippen molar-refractivity contribution in [1.29, 1.82) is 10.8 Å². The number of fused-ring (bicyclic) bond motifs is 2. The van der Waals surface area contributed by atoms with Crippen molar-refractivity contribution >= 4 is 86.5 Å². The number of hydrazine groups is 1. The van der Waals surface area contributed by atoms with Gasteiger partial charge in [-0.1, -0.05) is 36.4 Å². The highest BCUT2D eigenvalue weighted by molar-refractivity contribution is 7.17. The van der Waals surface area contributed by atoms with Crippen LogP contribution in [-0.4, -0.2) is 106 Å². The topological polar surface area (TPSA) is 212 Å². The molecule has 2 saturated heterocycles. The number of hydrogen-bond donors (Lipinski definition) is 5. The molecule has 2 aromatic carbocycles. The van der Waals surface area contributed by atoms with Crippen LogP contribution in [-0.2, 0) is 30.5 Å². The SMILES string of the molecule is C=C(C(=O)NN1CCN(C(=O)CCC(=O)Nc2cccc3c2CN(C2CCC(=O)NC2=O)C3=O)CC1)[C@@H]1N=C(c2ccc(Cl)cc2)c2c(sc(C)c2C)N(C(C)=N)C1=N. The van der Waals surface area contributed by atoms with Gasteiger partial charge in [0.25, 0.3) is 11.8 Å². The van der Waals surface area contributed by atoms with Gasteiger partial charge in [-0.15, -0.1) is 11.3 Å². The van der Waals surface area contributed by atoms with Gasteiger partial charge < -0.3 is 15.1 Å². The number of carbonyl (C=O) groups excluding carboxylic acids is 6. The summed E-state index contributed by atoms with van der Waals surface area (Å²) in [5.41, 5.74) is 7.26. The van der Waals surface area contributed by atoms with Crippen LogP contribution in [0.25, 0.3) is 0 Å². The van der Waals surface area contributed by atoms with E-state index in [2.05, 4.69) is 22.6 Å². The van der Waals surface area contributed by atoms with E-state index in [0.717, 1.165) is 21.6 Å². The maximum Gasteiger partial charge on any atom is 0.263 e. The molecule has 1 aromatic heterocycles. The van der Waals surface area contributed by atoms with E-state index in [1.165, 1.54) is 21.1 Å². The van der Waals surface area contributed by atoms with Crippen molar-refractivity contribution in [2.75, 3.05) is 36.4 Å². The second kappa shape index (κ2) is 16.7. The highest BCUT2D eigenvalue weighted by Crippen LogP contribution is 2.40. The molecule has 4 aliphatic rings. The third-order valence-electron chi connectivity index (χ3n) is 11.0. The highest BCUT2D eigenvalue weighted by atomic mass is 35.5. The maximum atomic E-state index is 13.7. The lowest BCUT2D eigenvalue weighted by Crippen LogP contribution is -2.55. The van der Waals surface area contributed by atoms with Crippen LogP contribution in [0.3, 0.4) is 0 Å². The lowest BCUT2D eigenvalue weighted by atomic mass is 9.99. The van der Waals surface area contributed by atoms with Crippen molar-refractivity contribution in [2.24, 2.45) is 4.99 Å². The monoisotopic (exact) mass is 838 g/mol. The Hall–Kier alpha value is -6.04. The van der Waals surface area contributed by atoms with Crippen LogP contribution in [0.5, 0.6) is 0 Å². The fraction of sp³-hybridized carbons (Fsp3) is 0.341. The minimum Gasteiger partial charge on any atom is -0.340 e. The lowest BCUT2D eigenvalue weighted by Gasteiger charge is -2.35. The van der Waals surface area contributed by atoms with Gasteiger partial charge in [-0.05, 0) is 57.0 Å². The Kier molecular flexibility index (Phi) is 11.6. The number of imide groups is 1. The zero-order chi connectivity index (χ0) is 42.3. The molecule has 1 unspecified atom stereocenters. The average molecular weight is 839 g/mol. The largest absolute Gasteiger partial charge is 0.340 e. The first kappa shape index (κ1) is 41.1. The summed E-state index contributed by atoms with van der Waals surface area (Å²) in [5, 5.41) is 25.8. The summed E-state index contributed by atoms with van der Waals surface area (Å²) in [5.74, 6) is -2.43. The third kappa shape index (κ3) is 8.17. The smallest absolute Gasteiger partial charge is 0.263 e. The molecule has 2 fully saturated rings. The number of amidine groups is 2. The number of hydrogen-bond acceptors (Lipinski definition) is 11. The van der Waals surface area contributed by atoms with Crippen LogP contribution in [0.4, 0.5) is 10.7 Å². The molecule has 18 heteroatoms. The molecule has 0 aliphatic carbocycles. The van der Waals surface area contributed by atoms with E-state index >= 15 is 0 Å². The van der Waals surface area contributed by atoms with Crippen LogP contribution >= 0.6 is 22.9 Å². The summed E-state index contributed by atoms with van der Waals surface area (Å²) >= 11 is 7.66. The van der Waals surface area contributed by atoms with Crippen molar-refractivity contribution in [2.45, 2.75) is 65.1 Å². The molecule has 0 bridgehead atoms. The quantitative estimate of drug-likeness (QED) is 0.0921. The van der Waals surface area contributed by atoms with Crippen molar-refractivity contribution in [3.63, 3.8) is 0 Å².